The van der Waals surface area contributed by atoms with E-state index in [0.717, 1.165) is 52.4 Å². The normalized spacial score (nSPS) is 11.5. The number of rotatable bonds is 42. The lowest BCUT2D eigenvalue weighted by Gasteiger charge is -2.09. The zero-order valence-electron chi connectivity index (χ0n) is 36.0. The van der Waals surface area contributed by atoms with Crippen molar-refractivity contribution in [3.05, 3.63) is 0 Å². The molecule has 304 valence electrons. The molecule has 0 aliphatic heterocycles. The van der Waals surface area contributed by atoms with Crippen molar-refractivity contribution in [1.29, 1.82) is 0 Å². The first-order chi connectivity index (χ1) is 24.5. The number of hydrogen-bond donors (Lipinski definition) is 0. The molecule has 0 atom stereocenters. The molecule has 0 saturated carbocycles. The smallest absolute Gasteiger partial charge is 0.0478 e. The maximum Gasteiger partial charge on any atom is 0.0478 e. The Morgan fingerprint density at radius 3 is 0.620 bits per heavy atom. The lowest BCUT2D eigenvalue weighted by atomic mass is 10.0. The van der Waals surface area contributed by atoms with Crippen molar-refractivity contribution in [3.8, 4) is 0 Å². The van der Waals surface area contributed by atoms with E-state index in [0.29, 0.717) is 0 Å². The molecule has 0 spiro atoms. The minimum Gasteiger partial charge on any atom is -0.381 e. The van der Waals surface area contributed by atoms with Crippen LogP contribution in [-0.4, -0.2) is 77.5 Å². The van der Waals surface area contributed by atoms with Gasteiger partial charge in [0.05, 0.1) is 0 Å². The maximum atomic E-state index is 5.68. The molecule has 0 fully saturated rings. The van der Waals surface area contributed by atoms with Crippen LogP contribution in [0.1, 0.15) is 232 Å². The first-order valence-electron chi connectivity index (χ1n) is 23.0. The summed E-state index contributed by atoms with van der Waals surface area (Å²) in [6.07, 6.45) is 48.1. The third kappa shape index (κ3) is 54.6. The second kappa shape index (κ2) is 48.8. The van der Waals surface area contributed by atoms with Gasteiger partial charge in [-0.2, -0.15) is 0 Å². The average Bonchev–Trinajstić information content (AvgIpc) is 3.10. The molecule has 0 heterocycles. The summed E-state index contributed by atoms with van der Waals surface area (Å²) in [7, 11) is 8.48. The van der Waals surface area contributed by atoms with Gasteiger partial charge < -0.3 is 19.3 Å². The van der Waals surface area contributed by atoms with Crippen molar-refractivity contribution in [3.63, 3.8) is 0 Å². The topological polar surface area (TPSA) is 24.9 Å². The lowest BCUT2D eigenvalue weighted by Crippen LogP contribution is -2.14. The second-order valence-electron chi connectivity index (χ2n) is 16.1. The van der Waals surface area contributed by atoms with Crippen LogP contribution >= 0.6 is 0 Å². The Morgan fingerprint density at radius 1 is 0.240 bits per heavy atom. The molecule has 0 saturated heterocycles. The number of ether oxygens (including phenoxy) is 2. The number of nitrogens with zero attached hydrogens (tertiary/aromatic N) is 2. The molecule has 0 aromatic rings. The zero-order chi connectivity index (χ0) is 36.9. The number of hydrogen-bond acceptors (Lipinski definition) is 4. The van der Waals surface area contributed by atoms with Crippen LogP contribution in [-0.2, 0) is 9.47 Å². The van der Waals surface area contributed by atoms with Crippen LogP contribution in [0, 0.1) is 0 Å². The van der Waals surface area contributed by atoms with Crippen LogP contribution in [0.2, 0.25) is 0 Å². The molecule has 50 heavy (non-hydrogen) atoms. The minimum atomic E-state index is 0.928. The summed E-state index contributed by atoms with van der Waals surface area (Å²) >= 11 is 0. The quantitative estimate of drug-likeness (QED) is 0.0589. The van der Waals surface area contributed by atoms with Gasteiger partial charge in [-0.25, -0.2) is 0 Å². The van der Waals surface area contributed by atoms with E-state index < -0.39 is 0 Å². The molecule has 4 heteroatoms. The molecule has 0 bridgehead atoms. The minimum absolute atomic E-state index is 0.928. The van der Waals surface area contributed by atoms with E-state index in [1.165, 1.54) is 205 Å². The Balaban J connectivity index is 0. The molecule has 0 N–H and O–H groups in total. The van der Waals surface area contributed by atoms with Gasteiger partial charge in [-0.3, -0.25) is 0 Å². The Morgan fingerprint density at radius 2 is 0.420 bits per heavy atom. The standard InChI is InChI=1S/2C23H49NO/c2*1-4-5-6-7-8-9-10-11-12-13-14-15-16-17-18-19-22-25-23-20-21-24(2)3/h2*4-23H2,1-3H3. The van der Waals surface area contributed by atoms with Crippen LogP contribution < -0.4 is 0 Å². The third-order valence-corrected chi connectivity index (χ3v) is 10.1. The SMILES string of the molecule is CCCCCCCCCCCCCCCCCCOCCCN(C)C.CCCCCCCCCCCCCCCCCCOCCCN(C)C. The van der Waals surface area contributed by atoms with Gasteiger partial charge in [-0.05, 0) is 67.0 Å². The van der Waals surface area contributed by atoms with E-state index in [-0.39, 0.29) is 0 Å². The van der Waals surface area contributed by atoms with Gasteiger partial charge in [0.2, 0.25) is 0 Å². The van der Waals surface area contributed by atoms with E-state index in [9.17, 15) is 0 Å². The van der Waals surface area contributed by atoms with Crippen LogP contribution in [0.5, 0.6) is 0 Å². The molecule has 0 rings (SSSR count). The van der Waals surface area contributed by atoms with E-state index in [2.05, 4.69) is 51.8 Å². The van der Waals surface area contributed by atoms with Gasteiger partial charge in [0, 0.05) is 26.4 Å². The van der Waals surface area contributed by atoms with E-state index in [1.54, 1.807) is 0 Å². The summed E-state index contributed by atoms with van der Waals surface area (Å²) in [5, 5.41) is 0. The van der Waals surface area contributed by atoms with Crippen LogP contribution in [0.3, 0.4) is 0 Å². The molecule has 0 amide bonds. The molecule has 0 aliphatic carbocycles. The monoisotopic (exact) mass is 711 g/mol. The molecule has 0 radical (unpaired) electrons. The van der Waals surface area contributed by atoms with Crippen molar-refractivity contribution in [2.75, 3.05) is 67.7 Å². The zero-order valence-corrected chi connectivity index (χ0v) is 36.0. The highest BCUT2D eigenvalue weighted by molar-refractivity contribution is 4.52. The molecular formula is C46H98N2O2. The van der Waals surface area contributed by atoms with E-state index in [4.69, 9.17) is 9.47 Å². The molecule has 4 nitrogen and oxygen atoms in total. The Bertz CT molecular complexity index is 508. The van der Waals surface area contributed by atoms with Gasteiger partial charge in [0.1, 0.15) is 0 Å². The van der Waals surface area contributed by atoms with E-state index in [1.807, 2.05) is 0 Å². The van der Waals surface area contributed by atoms with E-state index >= 15 is 0 Å². The van der Waals surface area contributed by atoms with Crippen molar-refractivity contribution in [2.24, 2.45) is 0 Å². The molecular weight excluding hydrogens is 613 g/mol. The van der Waals surface area contributed by atoms with Gasteiger partial charge in [-0.1, -0.05) is 206 Å². The summed E-state index contributed by atoms with van der Waals surface area (Å²) < 4.78 is 11.4. The fraction of sp³-hybridized carbons (Fsp3) is 1.00. The molecule has 0 unspecified atom stereocenters. The Hall–Kier alpha value is -0.160. The van der Waals surface area contributed by atoms with Gasteiger partial charge >= 0.3 is 0 Å². The first-order valence-corrected chi connectivity index (χ1v) is 23.0. The van der Waals surface area contributed by atoms with Gasteiger partial charge in [0.15, 0.2) is 0 Å². The lowest BCUT2D eigenvalue weighted by molar-refractivity contribution is 0.122. The van der Waals surface area contributed by atoms with Gasteiger partial charge in [-0.15, -0.1) is 0 Å². The highest BCUT2D eigenvalue weighted by Gasteiger charge is 1.98. The third-order valence-electron chi connectivity index (χ3n) is 10.1. The molecule has 0 aromatic heterocycles. The largest absolute Gasteiger partial charge is 0.381 e. The molecule has 0 aromatic carbocycles. The van der Waals surface area contributed by atoms with Gasteiger partial charge in [0.25, 0.3) is 0 Å². The van der Waals surface area contributed by atoms with Crippen molar-refractivity contribution in [2.45, 2.75) is 232 Å². The van der Waals surface area contributed by atoms with Crippen LogP contribution in [0.4, 0.5) is 0 Å². The summed E-state index contributed by atoms with van der Waals surface area (Å²) in [4.78, 5) is 4.44. The Kier molecular flexibility index (Phi) is 50.7. The summed E-state index contributed by atoms with van der Waals surface area (Å²) in [5.41, 5.74) is 0. The highest BCUT2D eigenvalue weighted by Crippen LogP contribution is 2.15. The second-order valence-corrected chi connectivity index (χ2v) is 16.1. The first kappa shape index (κ1) is 51.9. The van der Waals surface area contributed by atoms with Crippen molar-refractivity contribution in [1.82, 2.24) is 9.80 Å². The average molecular weight is 711 g/mol. The van der Waals surface area contributed by atoms with Crippen LogP contribution in [0.15, 0.2) is 0 Å². The maximum absolute atomic E-state index is 5.68. The van der Waals surface area contributed by atoms with Crippen LogP contribution in [0.25, 0.3) is 0 Å². The predicted octanol–water partition coefficient (Wildman–Crippen LogP) is 14.4. The Labute approximate surface area is 318 Å². The fourth-order valence-corrected chi connectivity index (χ4v) is 6.67. The number of unbranched alkanes of at least 4 members (excludes halogenated alkanes) is 30. The summed E-state index contributed by atoms with van der Waals surface area (Å²) in [6.45, 7) is 10.6. The summed E-state index contributed by atoms with van der Waals surface area (Å²) in [6, 6.07) is 0. The van der Waals surface area contributed by atoms with Crippen molar-refractivity contribution < 1.29 is 9.47 Å². The molecule has 0 aliphatic rings. The fourth-order valence-electron chi connectivity index (χ4n) is 6.67. The summed E-state index contributed by atoms with van der Waals surface area (Å²) in [5.74, 6) is 0. The predicted molar refractivity (Wildman–Crippen MR) is 227 cm³/mol. The van der Waals surface area contributed by atoms with Crippen molar-refractivity contribution >= 4 is 0 Å². The highest BCUT2D eigenvalue weighted by atomic mass is 16.5.